The van der Waals surface area contributed by atoms with Crippen molar-refractivity contribution in [3.05, 3.63) is 0 Å². The van der Waals surface area contributed by atoms with Crippen molar-refractivity contribution in [2.75, 3.05) is 32.7 Å². The standard InChI is InChI=1S/C23H44O8S/c1-4-6-8-10-12-15-22(24)29-19-21(28-17-14-18-31-32(3,26)27)20-30-23(25)16-13-11-9-7-5-2/h21H,4-20H2,1-3H3. The van der Waals surface area contributed by atoms with E-state index in [1.807, 2.05) is 0 Å². The lowest BCUT2D eigenvalue weighted by molar-refractivity contribution is -0.155. The van der Waals surface area contributed by atoms with E-state index in [0.29, 0.717) is 19.3 Å². The Morgan fingerprint density at radius 2 is 1.16 bits per heavy atom. The molecule has 32 heavy (non-hydrogen) atoms. The SMILES string of the molecule is CCCCCCCC(=O)OCC(COC(=O)CCCCCCC)OCCCOS(C)(=O)=O. The van der Waals surface area contributed by atoms with Crippen molar-refractivity contribution < 1.29 is 36.4 Å². The van der Waals surface area contributed by atoms with Crippen molar-refractivity contribution in [2.24, 2.45) is 0 Å². The third-order valence-electron chi connectivity index (χ3n) is 4.77. The molecule has 190 valence electrons. The molecule has 0 saturated carbocycles. The van der Waals surface area contributed by atoms with Gasteiger partial charge in [0.1, 0.15) is 19.3 Å². The van der Waals surface area contributed by atoms with Gasteiger partial charge in [-0.3, -0.25) is 13.8 Å². The maximum atomic E-state index is 12.0. The highest BCUT2D eigenvalue weighted by molar-refractivity contribution is 7.85. The number of carbonyl (C=O) groups excluding carboxylic acids is 2. The van der Waals surface area contributed by atoms with Gasteiger partial charge in [0.2, 0.25) is 0 Å². The largest absolute Gasteiger partial charge is 0.463 e. The summed E-state index contributed by atoms with van der Waals surface area (Å²) in [5, 5.41) is 0. The Bertz CT molecular complexity index is 547. The Morgan fingerprint density at radius 3 is 1.59 bits per heavy atom. The highest BCUT2D eigenvalue weighted by Crippen LogP contribution is 2.08. The van der Waals surface area contributed by atoms with Crippen LogP contribution in [0, 0.1) is 0 Å². The lowest BCUT2D eigenvalue weighted by Crippen LogP contribution is -2.29. The maximum absolute atomic E-state index is 12.0. The van der Waals surface area contributed by atoms with E-state index >= 15 is 0 Å². The van der Waals surface area contributed by atoms with Gasteiger partial charge in [0.25, 0.3) is 10.1 Å². The van der Waals surface area contributed by atoms with Gasteiger partial charge in [-0.25, -0.2) is 0 Å². The Balaban J connectivity index is 4.28. The molecule has 0 amide bonds. The summed E-state index contributed by atoms with van der Waals surface area (Å²) in [4.78, 5) is 23.9. The molecule has 0 spiro atoms. The fraction of sp³-hybridized carbons (Fsp3) is 0.913. The molecule has 0 aromatic heterocycles. The molecule has 0 radical (unpaired) electrons. The van der Waals surface area contributed by atoms with Gasteiger partial charge in [0.05, 0.1) is 12.9 Å². The molecule has 0 aliphatic heterocycles. The summed E-state index contributed by atoms with van der Waals surface area (Å²) in [6.45, 7) is 4.46. The third-order valence-corrected chi connectivity index (χ3v) is 5.36. The number of esters is 2. The molecule has 0 fully saturated rings. The summed E-state index contributed by atoms with van der Waals surface area (Å²) < 4.78 is 42.9. The summed E-state index contributed by atoms with van der Waals surface area (Å²) in [6, 6.07) is 0. The monoisotopic (exact) mass is 480 g/mol. The first-order valence-electron chi connectivity index (χ1n) is 12.1. The van der Waals surface area contributed by atoms with Crippen LogP contribution in [0.1, 0.15) is 97.3 Å². The van der Waals surface area contributed by atoms with E-state index in [2.05, 4.69) is 18.0 Å². The van der Waals surface area contributed by atoms with E-state index in [1.54, 1.807) is 0 Å². The normalized spacial score (nSPS) is 11.6. The molecule has 0 aromatic rings. The first-order valence-corrected chi connectivity index (χ1v) is 13.9. The molecule has 0 atom stereocenters. The minimum Gasteiger partial charge on any atom is -0.463 e. The van der Waals surface area contributed by atoms with E-state index in [1.165, 1.54) is 0 Å². The van der Waals surface area contributed by atoms with Crippen LogP contribution in [0.25, 0.3) is 0 Å². The van der Waals surface area contributed by atoms with E-state index < -0.39 is 16.2 Å². The summed E-state index contributed by atoms with van der Waals surface area (Å²) in [5.74, 6) is -0.587. The molecule has 0 aromatic carbocycles. The molecule has 8 nitrogen and oxygen atoms in total. The molecule has 0 aliphatic carbocycles. The average molecular weight is 481 g/mol. The first kappa shape index (κ1) is 30.8. The second kappa shape index (κ2) is 20.4. The smallest absolute Gasteiger partial charge is 0.305 e. The van der Waals surface area contributed by atoms with Crippen molar-refractivity contribution in [1.29, 1.82) is 0 Å². The van der Waals surface area contributed by atoms with Gasteiger partial charge in [-0.05, 0) is 19.3 Å². The van der Waals surface area contributed by atoms with Crippen LogP contribution in [0.4, 0.5) is 0 Å². The summed E-state index contributed by atoms with van der Waals surface area (Å²) >= 11 is 0. The zero-order chi connectivity index (χ0) is 24.1. The zero-order valence-corrected chi connectivity index (χ0v) is 21.1. The Labute approximate surface area is 194 Å². The number of unbranched alkanes of at least 4 members (excludes halogenated alkanes) is 8. The second-order valence-corrected chi connectivity index (χ2v) is 9.71. The Morgan fingerprint density at radius 1 is 0.688 bits per heavy atom. The van der Waals surface area contributed by atoms with Crippen molar-refractivity contribution in [3.63, 3.8) is 0 Å². The lowest BCUT2D eigenvalue weighted by atomic mass is 10.1. The van der Waals surface area contributed by atoms with Gasteiger partial charge in [-0.2, -0.15) is 8.42 Å². The van der Waals surface area contributed by atoms with E-state index in [9.17, 15) is 18.0 Å². The Hall–Kier alpha value is -1.19. The predicted octanol–water partition coefficient (Wildman–Crippen LogP) is 4.55. The van der Waals surface area contributed by atoms with Crippen LogP contribution in [-0.4, -0.2) is 59.1 Å². The molecule has 0 rings (SSSR count). The van der Waals surface area contributed by atoms with Gasteiger partial charge in [-0.15, -0.1) is 0 Å². The number of ether oxygens (including phenoxy) is 3. The summed E-state index contributed by atoms with van der Waals surface area (Å²) in [6.07, 6.45) is 11.9. The lowest BCUT2D eigenvalue weighted by Gasteiger charge is -2.18. The third kappa shape index (κ3) is 22.0. The first-order chi connectivity index (χ1) is 15.3. The predicted molar refractivity (Wildman–Crippen MR) is 124 cm³/mol. The quantitative estimate of drug-likeness (QED) is 0.126. The molecule has 9 heteroatoms. The fourth-order valence-electron chi connectivity index (χ4n) is 2.93. The molecular formula is C23H44O8S. The van der Waals surface area contributed by atoms with Crippen LogP contribution >= 0.6 is 0 Å². The van der Waals surface area contributed by atoms with Gasteiger partial charge < -0.3 is 14.2 Å². The summed E-state index contributed by atoms with van der Waals surface area (Å²) in [7, 11) is -3.49. The van der Waals surface area contributed by atoms with Crippen molar-refractivity contribution in [2.45, 2.75) is 103 Å². The fourth-order valence-corrected chi connectivity index (χ4v) is 3.35. The molecule has 0 heterocycles. The van der Waals surface area contributed by atoms with Crippen molar-refractivity contribution in [1.82, 2.24) is 0 Å². The minimum atomic E-state index is -3.49. The molecule has 0 saturated heterocycles. The Kier molecular flexibility index (Phi) is 19.7. The van der Waals surface area contributed by atoms with Crippen LogP contribution in [0.5, 0.6) is 0 Å². The maximum Gasteiger partial charge on any atom is 0.305 e. The molecule has 0 bridgehead atoms. The van der Waals surface area contributed by atoms with Gasteiger partial charge >= 0.3 is 11.9 Å². The van der Waals surface area contributed by atoms with Crippen molar-refractivity contribution >= 4 is 22.1 Å². The summed E-state index contributed by atoms with van der Waals surface area (Å²) in [5.41, 5.74) is 0. The molecule has 0 N–H and O–H groups in total. The highest BCUT2D eigenvalue weighted by Gasteiger charge is 2.16. The highest BCUT2D eigenvalue weighted by atomic mass is 32.2. The molecule has 0 unspecified atom stereocenters. The van der Waals surface area contributed by atoms with Crippen LogP contribution < -0.4 is 0 Å². The van der Waals surface area contributed by atoms with E-state index in [0.717, 1.165) is 70.5 Å². The number of carbonyl (C=O) groups is 2. The second-order valence-electron chi connectivity index (χ2n) is 8.07. The molecule has 0 aliphatic rings. The van der Waals surface area contributed by atoms with Crippen LogP contribution in [0.15, 0.2) is 0 Å². The topological polar surface area (TPSA) is 105 Å². The number of hydrogen-bond donors (Lipinski definition) is 0. The van der Waals surface area contributed by atoms with Gasteiger partial charge in [0, 0.05) is 19.4 Å². The van der Waals surface area contributed by atoms with Gasteiger partial charge in [-0.1, -0.05) is 65.2 Å². The van der Waals surface area contributed by atoms with E-state index in [4.69, 9.17) is 14.2 Å². The van der Waals surface area contributed by atoms with E-state index in [-0.39, 0.29) is 38.4 Å². The molecular weight excluding hydrogens is 436 g/mol. The zero-order valence-electron chi connectivity index (χ0n) is 20.3. The van der Waals surface area contributed by atoms with Gasteiger partial charge in [0.15, 0.2) is 0 Å². The minimum absolute atomic E-state index is 0.000644. The van der Waals surface area contributed by atoms with Crippen LogP contribution in [0.3, 0.4) is 0 Å². The van der Waals surface area contributed by atoms with Crippen LogP contribution in [0.2, 0.25) is 0 Å². The number of rotatable bonds is 22. The number of hydrogen-bond acceptors (Lipinski definition) is 8. The van der Waals surface area contributed by atoms with Crippen LogP contribution in [-0.2, 0) is 38.1 Å². The van der Waals surface area contributed by atoms with Crippen molar-refractivity contribution in [3.8, 4) is 0 Å². The average Bonchev–Trinajstić information content (AvgIpc) is 2.73.